The first-order valence-electron chi connectivity index (χ1n) is 34.0. The van der Waals surface area contributed by atoms with Crippen molar-refractivity contribution in [1.82, 2.24) is 40.9 Å². The van der Waals surface area contributed by atoms with Crippen LogP contribution in [-0.4, -0.2) is 149 Å². The molecule has 0 fully saturated rings. The molecule has 0 radical (unpaired) electrons. The van der Waals surface area contributed by atoms with Gasteiger partial charge in [-0.05, 0) is 65.7 Å². The quantitative estimate of drug-likeness (QED) is 0.0443. The third-order valence-electron chi connectivity index (χ3n) is 15.8. The summed E-state index contributed by atoms with van der Waals surface area (Å²) in [6.07, 6.45) is 52.6. The number of likely N-dealkylation sites (N-methyl/N-ethyl adjacent to an activating group) is 2. The number of nitrogens with zero attached hydrogens (tertiary/aromatic N) is 4. The monoisotopic (exact) mass is 1100 g/mol. The summed E-state index contributed by atoms with van der Waals surface area (Å²) in [5, 5.41) is 12.6. The van der Waals surface area contributed by atoms with Gasteiger partial charge >= 0.3 is 0 Å². The van der Waals surface area contributed by atoms with Crippen LogP contribution < -0.4 is 21.3 Å². The molecule has 0 saturated carbocycles. The molecule has 0 aromatic rings. The Morgan fingerprint density at radius 1 is 0.231 bits per heavy atom. The maximum Gasteiger partial charge on any atom is 0.234 e. The standard InChI is InChI=1S/C66H134N8O4/c1-7-11-15-19-23-27-31-35-39-43-49-67-63(75)59-73(60-64(76)68-50-44-40-36-32-28-24-20-16-12-8-2)55-47-53-71(5)57-58-72(6)54-48-56-74(61-65(77)69-51-45-41-37-33-29-25-21-17-13-9-3)62-66(78)70-52-46-42-38-34-30-26-22-18-14-10-4/h7-62H2,1-6H3,(H,67,75)(H,68,76)(H,69,77)(H,70,78). The van der Waals surface area contributed by atoms with E-state index in [2.05, 4.69) is 72.9 Å². The van der Waals surface area contributed by atoms with Gasteiger partial charge < -0.3 is 31.1 Å². The Bertz CT molecular complexity index is 1130. The van der Waals surface area contributed by atoms with E-state index in [-0.39, 0.29) is 49.8 Å². The third kappa shape index (κ3) is 57.0. The molecule has 0 aliphatic rings. The molecular weight excluding hydrogens is 969 g/mol. The van der Waals surface area contributed by atoms with Crippen molar-refractivity contribution in [2.24, 2.45) is 0 Å². The molecule has 0 spiro atoms. The molecule has 4 N–H and O–H groups in total. The lowest BCUT2D eigenvalue weighted by Gasteiger charge is -2.26. The van der Waals surface area contributed by atoms with Crippen molar-refractivity contribution in [2.75, 3.05) is 106 Å². The van der Waals surface area contributed by atoms with Gasteiger partial charge in [0.15, 0.2) is 0 Å². The minimum Gasteiger partial charge on any atom is -0.355 e. The number of amides is 4. The summed E-state index contributed by atoms with van der Waals surface area (Å²) in [5.41, 5.74) is 0. The first kappa shape index (κ1) is 75.7. The average Bonchev–Trinajstić information content (AvgIpc) is 3.41. The van der Waals surface area contributed by atoms with Gasteiger partial charge in [-0.15, -0.1) is 0 Å². The van der Waals surface area contributed by atoms with Crippen LogP contribution in [0, 0.1) is 0 Å². The zero-order valence-corrected chi connectivity index (χ0v) is 53.0. The lowest BCUT2D eigenvalue weighted by atomic mass is 10.1. The van der Waals surface area contributed by atoms with Crippen molar-refractivity contribution in [2.45, 2.75) is 297 Å². The third-order valence-corrected chi connectivity index (χ3v) is 15.8. The van der Waals surface area contributed by atoms with E-state index in [1.54, 1.807) is 0 Å². The van der Waals surface area contributed by atoms with Crippen LogP contribution in [0.3, 0.4) is 0 Å². The normalized spacial score (nSPS) is 11.7. The predicted octanol–water partition coefficient (Wildman–Crippen LogP) is 14.4. The number of hydrogen-bond acceptors (Lipinski definition) is 8. The highest BCUT2D eigenvalue weighted by molar-refractivity contribution is 5.81. The molecule has 462 valence electrons. The highest BCUT2D eigenvalue weighted by atomic mass is 16.2. The van der Waals surface area contributed by atoms with Gasteiger partial charge in [-0.2, -0.15) is 0 Å². The summed E-state index contributed by atoms with van der Waals surface area (Å²) >= 11 is 0. The van der Waals surface area contributed by atoms with Crippen LogP contribution in [0.15, 0.2) is 0 Å². The first-order valence-corrected chi connectivity index (χ1v) is 34.0. The molecule has 0 aliphatic heterocycles. The highest BCUT2D eigenvalue weighted by Crippen LogP contribution is 2.14. The largest absolute Gasteiger partial charge is 0.355 e. The number of carbonyl (C=O) groups is 4. The number of unbranched alkanes of at least 4 members (excludes halogenated alkanes) is 36. The number of hydrogen-bond donors (Lipinski definition) is 4. The smallest absolute Gasteiger partial charge is 0.234 e. The van der Waals surface area contributed by atoms with Crippen LogP contribution in [0.4, 0.5) is 0 Å². The Kier molecular flexibility index (Phi) is 59.0. The molecule has 0 aliphatic carbocycles. The van der Waals surface area contributed by atoms with Gasteiger partial charge in [0.25, 0.3) is 0 Å². The summed E-state index contributed by atoms with van der Waals surface area (Å²) in [4.78, 5) is 61.4. The van der Waals surface area contributed by atoms with Crippen LogP contribution in [0.2, 0.25) is 0 Å². The van der Waals surface area contributed by atoms with E-state index in [9.17, 15) is 19.2 Å². The molecule has 0 unspecified atom stereocenters. The Hall–Kier alpha value is -2.28. The van der Waals surface area contributed by atoms with Gasteiger partial charge in [0.05, 0.1) is 26.2 Å². The van der Waals surface area contributed by atoms with Crippen molar-refractivity contribution in [3.05, 3.63) is 0 Å². The van der Waals surface area contributed by atoms with Gasteiger partial charge in [-0.3, -0.25) is 29.0 Å². The Morgan fingerprint density at radius 2 is 0.410 bits per heavy atom. The van der Waals surface area contributed by atoms with E-state index >= 15 is 0 Å². The summed E-state index contributed by atoms with van der Waals surface area (Å²) in [7, 11) is 4.31. The van der Waals surface area contributed by atoms with Gasteiger partial charge in [0.1, 0.15) is 0 Å². The molecule has 0 heterocycles. The zero-order chi connectivity index (χ0) is 57.0. The van der Waals surface area contributed by atoms with Crippen LogP contribution in [0.25, 0.3) is 0 Å². The van der Waals surface area contributed by atoms with Crippen LogP contribution in [-0.2, 0) is 19.2 Å². The van der Waals surface area contributed by atoms with E-state index in [0.717, 1.165) is 90.4 Å². The molecule has 0 aromatic heterocycles. The molecule has 4 amide bonds. The topological polar surface area (TPSA) is 129 Å². The van der Waals surface area contributed by atoms with Gasteiger partial charge in [-0.25, -0.2) is 0 Å². The summed E-state index contributed by atoms with van der Waals surface area (Å²) in [6, 6.07) is 0. The Morgan fingerprint density at radius 3 is 0.603 bits per heavy atom. The average molecular weight is 1100 g/mol. The van der Waals surface area contributed by atoms with Gasteiger partial charge in [-0.1, -0.05) is 259 Å². The molecule has 0 aromatic carbocycles. The zero-order valence-electron chi connectivity index (χ0n) is 53.0. The van der Waals surface area contributed by atoms with Crippen LogP contribution in [0.5, 0.6) is 0 Å². The van der Waals surface area contributed by atoms with Crippen molar-refractivity contribution >= 4 is 23.6 Å². The number of nitrogens with one attached hydrogen (secondary N) is 4. The maximum atomic E-state index is 13.2. The number of rotatable bonds is 63. The Balaban J connectivity index is 4.99. The molecular formula is C66H134N8O4. The summed E-state index contributed by atoms with van der Waals surface area (Å²) < 4.78 is 0. The van der Waals surface area contributed by atoms with E-state index in [0.29, 0.717) is 39.3 Å². The van der Waals surface area contributed by atoms with Crippen molar-refractivity contribution in [3.8, 4) is 0 Å². The second-order valence-electron chi connectivity index (χ2n) is 23.9. The maximum absolute atomic E-state index is 13.2. The van der Waals surface area contributed by atoms with E-state index < -0.39 is 0 Å². The summed E-state index contributed by atoms with van der Waals surface area (Å²) in [5.74, 6) is 0.0441. The van der Waals surface area contributed by atoms with Crippen LogP contribution in [0.1, 0.15) is 297 Å². The Labute approximate surface area is 484 Å². The molecule has 12 nitrogen and oxygen atoms in total. The summed E-state index contributed by atoms with van der Waals surface area (Å²) in [6.45, 7) is 17.8. The van der Waals surface area contributed by atoms with Gasteiger partial charge in [0, 0.05) is 52.4 Å². The van der Waals surface area contributed by atoms with Crippen LogP contribution >= 0.6 is 0 Å². The van der Waals surface area contributed by atoms with Crippen molar-refractivity contribution in [1.29, 1.82) is 0 Å². The van der Waals surface area contributed by atoms with Gasteiger partial charge in [0.2, 0.25) is 23.6 Å². The molecule has 78 heavy (non-hydrogen) atoms. The fourth-order valence-electron chi connectivity index (χ4n) is 10.5. The fraction of sp³-hybridized carbons (Fsp3) is 0.939. The van der Waals surface area contributed by atoms with E-state index in [1.807, 2.05) is 9.80 Å². The highest BCUT2D eigenvalue weighted by Gasteiger charge is 2.17. The SMILES string of the molecule is CCCCCCCCCCCCNC(=O)CN(CCCN(C)CCN(C)CCCN(CC(=O)NCCCCCCCCCCCC)CC(=O)NCCCCCCCCCCCC)CC(=O)NCCCCCCCCCCCC. The lowest BCUT2D eigenvalue weighted by Crippen LogP contribution is -2.44. The van der Waals surface area contributed by atoms with E-state index in [1.165, 1.54) is 205 Å². The molecule has 0 rings (SSSR count). The molecule has 12 heteroatoms. The second kappa shape index (κ2) is 60.8. The lowest BCUT2D eigenvalue weighted by molar-refractivity contribution is -0.126. The van der Waals surface area contributed by atoms with Crippen molar-refractivity contribution in [3.63, 3.8) is 0 Å². The van der Waals surface area contributed by atoms with E-state index in [4.69, 9.17) is 0 Å². The fourth-order valence-corrected chi connectivity index (χ4v) is 10.5. The minimum atomic E-state index is 0.0110. The molecule has 0 saturated heterocycles. The predicted molar refractivity (Wildman–Crippen MR) is 337 cm³/mol. The minimum absolute atomic E-state index is 0.0110. The first-order chi connectivity index (χ1) is 38.1. The second-order valence-corrected chi connectivity index (χ2v) is 23.9. The van der Waals surface area contributed by atoms with Crippen molar-refractivity contribution < 1.29 is 19.2 Å². The number of carbonyl (C=O) groups excluding carboxylic acids is 4. The molecule has 0 bridgehead atoms. The molecule has 0 atom stereocenters.